The topological polar surface area (TPSA) is 46.5 Å². The van der Waals surface area contributed by atoms with Gasteiger partial charge in [-0.15, -0.1) is 13.2 Å². The molecule has 0 aliphatic carbocycles. The minimum Gasteiger partial charge on any atom is -0.507 e. The molecule has 0 bridgehead atoms. The van der Waals surface area contributed by atoms with Crippen molar-refractivity contribution >= 4 is 62.9 Å². The van der Waals surface area contributed by atoms with Crippen molar-refractivity contribution in [3.05, 3.63) is 35.9 Å². The fourth-order valence-electron chi connectivity index (χ4n) is 1.12. The van der Waals surface area contributed by atoms with Crippen molar-refractivity contribution in [1.82, 2.24) is 0 Å². The number of aliphatic hydroxyl groups excluding tert-OH is 1. The first kappa shape index (κ1) is 20.4. The second kappa shape index (κ2) is 7.63. The van der Waals surface area contributed by atoms with E-state index in [4.69, 9.17) is 0 Å². The molecule has 0 unspecified atom stereocenters. The standard InChI is InChI=1S/C11H6F6O3.K/c12-10(13,14)9(19)5-8(18)6-1-3-7(4-2-6)20-11(15,16)17;/h1-5,18H;. The van der Waals surface area contributed by atoms with Crippen LogP contribution >= 0.6 is 0 Å². The Hall–Kier alpha value is -0.554. The maximum absolute atomic E-state index is 11.9. The molecule has 0 heterocycles. The number of allylic oxidation sites excluding steroid dienone is 1. The number of carbonyl (C=O) groups excluding carboxylic acids is 1. The maximum Gasteiger partial charge on any atom is 0.573 e. The van der Waals surface area contributed by atoms with Crippen molar-refractivity contribution in [2.45, 2.75) is 12.5 Å². The van der Waals surface area contributed by atoms with Gasteiger partial charge in [0.2, 0.25) is 0 Å². The van der Waals surface area contributed by atoms with E-state index in [2.05, 4.69) is 4.74 Å². The smallest absolute Gasteiger partial charge is 0.507 e. The van der Waals surface area contributed by atoms with E-state index in [9.17, 15) is 36.2 Å². The van der Waals surface area contributed by atoms with Crippen LogP contribution in [-0.4, -0.2) is 74.8 Å². The van der Waals surface area contributed by atoms with Gasteiger partial charge in [-0.2, -0.15) is 13.2 Å². The van der Waals surface area contributed by atoms with Crippen molar-refractivity contribution < 1.29 is 41.0 Å². The normalized spacial score (nSPS) is 12.6. The fraction of sp³-hybridized carbons (Fsp3) is 0.182. The number of carbonyl (C=O) groups is 1. The summed E-state index contributed by atoms with van der Waals surface area (Å²) < 4.78 is 74.9. The van der Waals surface area contributed by atoms with Gasteiger partial charge in [-0.05, 0) is 24.3 Å². The second-order valence-electron chi connectivity index (χ2n) is 3.46. The van der Waals surface area contributed by atoms with Gasteiger partial charge in [-0.3, -0.25) is 4.79 Å². The Kier molecular flexibility index (Phi) is 7.43. The Morgan fingerprint density at radius 3 is 1.90 bits per heavy atom. The number of hydrogen-bond donors (Lipinski definition) is 1. The van der Waals surface area contributed by atoms with E-state index in [1.807, 2.05) is 0 Å². The van der Waals surface area contributed by atoms with Gasteiger partial charge < -0.3 is 9.84 Å². The van der Waals surface area contributed by atoms with Crippen LogP contribution in [-0.2, 0) is 4.79 Å². The van der Waals surface area contributed by atoms with Crippen LogP contribution in [0.4, 0.5) is 26.3 Å². The number of ketones is 1. The van der Waals surface area contributed by atoms with Crippen molar-refractivity contribution in [3.8, 4) is 5.75 Å². The molecule has 0 fully saturated rings. The van der Waals surface area contributed by atoms with Crippen molar-refractivity contribution in [2.24, 2.45) is 0 Å². The van der Waals surface area contributed by atoms with Crippen LogP contribution in [0, 0.1) is 0 Å². The number of benzene rings is 1. The van der Waals surface area contributed by atoms with Gasteiger partial charge in [-0.1, -0.05) is 0 Å². The minimum absolute atomic E-state index is 0. The zero-order chi connectivity index (χ0) is 15.6. The molecule has 3 nitrogen and oxygen atoms in total. The average Bonchev–Trinajstić information content (AvgIpc) is 2.26. The van der Waals surface area contributed by atoms with Crippen LogP contribution in [0.3, 0.4) is 0 Å². The molecular weight excluding hydrogens is 333 g/mol. The van der Waals surface area contributed by atoms with Crippen molar-refractivity contribution in [1.29, 1.82) is 0 Å². The molecule has 0 atom stereocenters. The third-order valence-electron chi connectivity index (χ3n) is 1.93. The van der Waals surface area contributed by atoms with Gasteiger partial charge in [0.15, 0.2) is 0 Å². The van der Waals surface area contributed by atoms with E-state index in [1.165, 1.54) is 0 Å². The van der Waals surface area contributed by atoms with E-state index in [0.29, 0.717) is 0 Å². The number of halogens is 6. The van der Waals surface area contributed by atoms with Gasteiger partial charge in [0, 0.05) is 63.0 Å². The number of hydrogen-bond acceptors (Lipinski definition) is 3. The molecule has 0 aliphatic rings. The Morgan fingerprint density at radius 2 is 1.52 bits per heavy atom. The molecule has 1 aromatic carbocycles. The summed E-state index contributed by atoms with van der Waals surface area (Å²) in [6, 6.07) is 3.31. The second-order valence-corrected chi connectivity index (χ2v) is 3.46. The van der Waals surface area contributed by atoms with Crippen LogP contribution in [0.5, 0.6) is 5.75 Å². The molecule has 21 heavy (non-hydrogen) atoms. The predicted molar refractivity (Wildman–Crippen MR) is 60.5 cm³/mol. The molecule has 0 amide bonds. The van der Waals surface area contributed by atoms with Crippen molar-refractivity contribution in [3.63, 3.8) is 0 Å². The fourth-order valence-corrected chi connectivity index (χ4v) is 1.12. The summed E-state index contributed by atoms with van der Waals surface area (Å²) in [5, 5.41) is 9.25. The molecule has 1 rings (SSSR count). The number of alkyl halides is 6. The summed E-state index contributed by atoms with van der Waals surface area (Å²) in [5.74, 6) is -3.92. The Morgan fingerprint density at radius 1 is 1.05 bits per heavy atom. The zero-order valence-electron chi connectivity index (χ0n) is 10.4. The first-order chi connectivity index (χ1) is 8.99. The summed E-state index contributed by atoms with van der Waals surface area (Å²) >= 11 is 0. The van der Waals surface area contributed by atoms with Crippen LogP contribution < -0.4 is 4.74 Å². The van der Waals surface area contributed by atoms with Crippen LogP contribution in [0.15, 0.2) is 30.3 Å². The molecule has 10 heteroatoms. The van der Waals surface area contributed by atoms with Crippen LogP contribution in [0.2, 0.25) is 0 Å². The van der Waals surface area contributed by atoms with E-state index in [0.717, 1.165) is 24.3 Å². The van der Waals surface area contributed by atoms with Gasteiger partial charge in [0.1, 0.15) is 11.5 Å². The van der Waals surface area contributed by atoms with Gasteiger partial charge >= 0.3 is 12.5 Å². The molecule has 1 radical (unpaired) electrons. The first-order valence-corrected chi connectivity index (χ1v) is 4.87. The Balaban J connectivity index is 0.00000400. The number of ether oxygens (including phenoxy) is 1. The largest absolute Gasteiger partial charge is 0.573 e. The van der Waals surface area contributed by atoms with Gasteiger partial charge in [0.25, 0.3) is 5.78 Å². The maximum atomic E-state index is 11.9. The van der Waals surface area contributed by atoms with Crippen molar-refractivity contribution in [2.75, 3.05) is 0 Å². The third-order valence-corrected chi connectivity index (χ3v) is 1.93. The monoisotopic (exact) mass is 339 g/mol. The molecule has 0 aromatic heterocycles. The molecule has 111 valence electrons. The SMILES string of the molecule is O=C(C=C(O)c1ccc(OC(F)(F)F)cc1)C(F)(F)F.[K]. The Bertz CT molecular complexity index is 518. The average molecular weight is 339 g/mol. The number of aliphatic hydroxyl groups is 1. The molecule has 0 saturated carbocycles. The molecule has 1 N–H and O–H groups in total. The molecule has 0 saturated heterocycles. The van der Waals surface area contributed by atoms with E-state index < -0.39 is 29.8 Å². The third kappa shape index (κ3) is 7.31. The summed E-state index contributed by atoms with van der Waals surface area (Å²) in [6.45, 7) is 0. The summed E-state index contributed by atoms with van der Waals surface area (Å²) in [4.78, 5) is 10.6. The van der Waals surface area contributed by atoms with Crippen LogP contribution in [0.25, 0.3) is 5.76 Å². The predicted octanol–water partition coefficient (Wildman–Crippen LogP) is 3.23. The molecule has 0 aliphatic heterocycles. The molecule has 0 spiro atoms. The van der Waals surface area contributed by atoms with E-state index in [-0.39, 0.29) is 63.0 Å². The summed E-state index contributed by atoms with van der Waals surface area (Å²) in [5.41, 5.74) is -0.267. The quantitative estimate of drug-likeness (QED) is 0.398. The molecular formula is C11H6F6KO3. The summed E-state index contributed by atoms with van der Waals surface area (Å²) in [7, 11) is 0. The summed E-state index contributed by atoms with van der Waals surface area (Å²) in [6.07, 6.45) is -10.1. The Labute approximate surface area is 157 Å². The van der Waals surface area contributed by atoms with Gasteiger partial charge in [0.05, 0.1) is 0 Å². The number of rotatable bonds is 3. The van der Waals surface area contributed by atoms with E-state index in [1.54, 1.807) is 0 Å². The first-order valence-electron chi connectivity index (χ1n) is 4.87. The van der Waals surface area contributed by atoms with Crippen LogP contribution in [0.1, 0.15) is 5.56 Å². The molecule has 1 aromatic rings. The van der Waals surface area contributed by atoms with E-state index >= 15 is 0 Å². The minimum atomic E-state index is -5.15. The van der Waals surface area contributed by atoms with Gasteiger partial charge in [-0.25, -0.2) is 0 Å². The zero-order valence-corrected chi connectivity index (χ0v) is 13.5.